The summed E-state index contributed by atoms with van der Waals surface area (Å²) in [5, 5.41) is 9.23. The smallest absolute Gasteiger partial charge is 0.330 e. The molecule has 0 radical (unpaired) electrons. The highest BCUT2D eigenvalue weighted by molar-refractivity contribution is 5.09. The van der Waals surface area contributed by atoms with Gasteiger partial charge in [-0.05, 0) is 13.0 Å². The van der Waals surface area contributed by atoms with Gasteiger partial charge in [0, 0.05) is 17.3 Å². The van der Waals surface area contributed by atoms with Crippen LogP contribution in [0.3, 0.4) is 0 Å². The molecule has 2 N–H and O–H groups in total. The Morgan fingerprint density at radius 2 is 2.32 bits per heavy atom. The molecule has 2 aromatic heterocycles. The molecule has 2 heterocycles. The number of H-pyrrole nitrogens is 1. The van der Waals surface area contributed by atoms with Crippen LogP contribution in [0.5, 0.6) is 0 Å². The third-order valence-corrected chi connectivity index (χ3v) is 2.68. The van der Waals surface area contributed by atoms with Crippen LogP contribution in [0.15, 0.2) is 38.8 Å². The first kappa shape index (κ1) is 13.3. The number of ether oxygens (including phenoxy) is 1. The molecular formula is C12H14N2O5. The summed E-state index contributed by atoms with van der Waals surface area (Å²) in [5.74, 6) is 0. The Bertz CT molecular complexity index is 641. The average Bonchev–Trinajstić information content (AvgIpc) is 2.90. The number of aryl methyl sites for hydroxylation is 1. The fourth-order valence-electron chi connectivity index (χ4n) is 1.60. The zero-order valence-electron chi connectivity index (χ0n) is 10.3. The Balaban J connectivity index is 2.12. The molecule has 0 bridgehead atoms. The molecule has 0 amide bonds. The van der Waals surface area contributed by atoms with E-state index in [0.717, 1.165) is 0 Å². The molecule has 0 saturated carbocycles. The Morgan fingerprint density at radius 3 is 2.95 bits per heavy atom. The van der Waals surface area contributed by atoms with Gasteiger partial charge in [0.25, 0.3) is 5.56 Å². The molecule has 0 aliphatic carbocycles. The first-order valence-corrected chi connectivity index (χ1v) is 5.66. The SMILES string of the molecule is Cc1cn(COC(CO)c2ccoc2)c(=O)[nH]c1=O. The van der Waals surface area contributed by atoms with Crippen molar-refractivity contribution in [2.75, 3.05) is 6.61 Å². The zero-order valence-corrected chi connectivity index (χ0v) is 10.3. The normalized spacial score (nSPS) is 12.5. The molecule has 0 spiro atoms. The van der Waals surface area contributed by atoms with E-state index < -0.39 is 17.4 Å². The number of hydrogen-bond acceptors (Lipinski definition) is 5. The summed E-state index contributed by atoms with van der Waals surface area (Å²) in [5.41, 5.74) is 0.109. The van der Waals surface area contributed by atoms with Crippen LogP contribution in [-0.2, 0) is 11.5 Å². The van der Waals surface area contributed by atoms with E-state index in [-0.39, 0.29) is 13.3 Å². The van der Waals surface area contributed by atoms with Gasteiger partial charge in [0.05, 0.1) is 19.1 Å². The number of aliphatic hydroxyl groups excluding tert-OH is 1. The first-order chi connectivity index (χ1) is 9.11. The summed E-state index contributed by atoms with van der Waals surface area (Å²) in [6, 6.07) is 1.67. The highest BCUT2D eigenvalue weighted by atomic mass is 16.5. The number of hydrogen-bond donors (Lipinski definition) is 2. The van der Waals surface area contributed by atoms with E-state index in [1.54, 1.807) is 13.0 Å². The fraction of sp³-hybridized carbons (Fsp3) is 0.333. The van der Waals surface area contributed by atoms with Crippen LogP contribution < -0.4 is 11.2 Å². The van der Waals surface area contributed by atoms with Gasteiger partial charge < -0.3 is 14.3 Å². The maximum absolute atomic E-state index is 11.5. The summed E-state index contributed by atoms with van der Waals surface area (Å²) in [6.07, 6.45) is 3.75. The summed E-state index contributed by atoms with van der Waals surface area (Å²) < 4.78 is 11.6. The van der Waals surface area contributed by atoms with Crippen molar-refractivity contribution in [2.45, 2.75) is 19.8 Å². The van der Waals surface area contributed by atoms with Crippen molar-refractivity contribution in [1.82, 2.24) is 9.55 Å². The Labute approximate surface area is 108 Å². The molecule has 0 fully saturated rings. The molecule has 0 aliphatic heterocycles. The van der Waals surface area contributed by atoms with Gasteiger partial charge >= 0.3 is 5.69 Å². The second-order valence-electron chi connectivity index (χ2n) is 4.06. The highest BCUT2D eigenvalue weighted by Gasteiger charge is 2.12. The summed E-state index contributed by atoms with van der Waals surface area (Å²) in [6.45, 7) is 1.28. The molecule has 0 saturated heterocycles. The molecule has 7 nitrogen and oxygen atoms in total. The van der Waals surface area contributed by atoms with E-state index in [9.17, 15) is 14.7 Å². The van der Waals surface area contributed by atoms with Crippen molar-refractivity contribution in [3.05, 3.63) is 56.8 Å². The van der Waals surface area contributed by atoms with Gasteiger partial charge in [0.15, 0.2) is 0 Å². The second kappa shape index (κ2) is 5.68. The standard InChI is InChI=1S/C12H14N2O5/c1-8-4-14(12(17)13-11(8)16)7-19-10(5-15)9-2-3-18-6-9/h2-4,6,10,15H,5,7H2,1H3,(H,13,16,17). The van der Waals surface area contributed by atoms with Gasteiger partial charge in [0.1, 0.15) is 12.8 Å². The monoisotopic (exact) mass is 266 g/mol. The van der Waals surface area contributed by atoms with Crippen LogP contribution in [0.1, 0.15) is 17.2 Å². The average molecular weight is 266 g/mol. The molecule has 19 heavy (non-hydrogen) atoms. The lowest BCUT2D eigenvalue weighted by molar-refractivity contribution is -0.0275. The highest BCUT2D eigenvalue weighted by Crippen LogP contribution is 2.17. The van der Waals surface area contributed by atoms with Crippen molar-refractivity contribution in [1.29, 1.82) is 0 Å². The van der Waals surface area contributed by atoms with Gasteiger partial charge in [0.2, 0.25) is 0 Å². The van der Waals surface area contributed by atoms with Crippen molar-refractivity contribution in [2.24, 2.45) is 0 Å². The van der Waals surface area contributed by atoms with E-state index in [4.69, 9.17) is 9.15 Å². The van der Waals surface area contributed by atoms with Gasteiger partial charge in [-0.1, -0.05) is 0 Å². The van der Waals surface area contributed by atoms with Crippen molar-refractivity contribution in [3.8, 4) is 0 Å². The lowest BCUT2D eigenvalue weighted by Gasteiger charge is -2.14. The lowest BCUT2D eigenvalue weighted by atomic mass is 10.2. The lowest BCUT2D eigenvalue weighted by Crippen LogP contribution is -2.31. The maximum Gasteiger partial charge on any atom is 0.330 e. The van der Waals surface area contributed by atoms with Gasteiger partial charge in [-0.25, -0.2) is 4.79 Å². The molecular weight excluding hydrogens is 252 g/mol. The molecule has 1 atom stereocenters. The molecule has 1 unspecified atom stereocenters. The number of aromatic nitrogens is 2. The van der Waals surface area contributed by atoms with Crippen LogP contribution in [0.25, 0.3) is 0 Å². The number of nitrogens with zero attached hydrogens (tertiary/aromatic N) is 1. The number of rotatable bonds is 5. The quantitative estimate of drug-likeness (QED) is 0.802. The van der Waals surface area contributed by atoms with Crippen LogP contribution in [-0.4, -0.2) is 21.3 Å². The predicted molar refractivity (Wildman–Crippen MR) is 65.7 cm³/mol. The zero-order chi connectivity index (χ0) is 13.8. The van der Waals surface area contributed by atoms with Crippen LogP contribution in [0.4, 0.5) is 0 Å². The Hall–Kier alpha value is -2.12. The maximum atomic E-state index is 11.5. The van der Waals surface area contributed by atoms with Crippen LogP contribution >= 0.6 is 0 Å². The molecule has 0 aromatic carbocycles. The Morgan fingerprint density at radius 1 is 1.53 bits per heavy atom. The van der Waals surface area contributed by atoms with E-state index >= 15 is 0 Å². The summed E-state index contributed by atoms with van der Waals surface area (Å²) in [4.78, 5) is 24.9. The molecule has 2 rings (SSSR count). The number of aromatic amines is 1. The second-order valence-corrected chi connectivity index (χ2v) is 4.06. The van der Waals surface area contributed by atoms with Crippen LogP contribution in [0, 0.1) is 6.92 Å². The fourth-order valence-corrected chi connectivity index (χ4v) is 1.60. The summed E-state index contributed by atoms with van der Waals surface area (Å²) in [7, 11) is 0. The van der Waals surface area contributed by atoms with Crippen LogP contribution in [0.2, 0.25) is 0 Å². The third-order valence-electron chi connectivity index (χ3n) is 2.68. The molecule has 0 aliphatic rings. The van der Waals surface area contributed by atoms with Crippen molar-refractivity contribution >= 4 is 0 Å². The van der Waals surface area contributed by atoms with Gasteiger partial charge in [-0.2, -0.15) is 0 Å². The minimum atomic E-state index is -0.585. The first-order valence-electron chi connectivity index (χ1n) is 5.66. The van der Waals surface area contributed by atoms with E-state index in [1.165, 1.54) is 23.3 Å². The number of furan rings is 1. The topological polar surface area (TPSA) is 97.5 Å². The van der Waals surface area contributed by atoms with Gasteiger partial charge in [-0.3, -0.25) is 14.3 Å². The number of nitrogens with one attached hydrogen (secondary N) is 1. The van der Waals surface area contributed by atoms with Gasteiger partial charge in [-0.15, -0.1) is 0 Å². The van der Waals surface area contributed by atoms with Crippen molar-refractivity contribution in [3.63, 3.8) is 0 Å². The number of aliphatic hydroxyl groups is 1. The molecule has 2 aromatic rings. The van der Waals surface area contributed by atoms with E-state index in [2.05, 4.69) is 4.98 Å². The minimum absolute atomic E-state index is 0.0765. The van der Waals surface area contributed by atoms with E-state index in [0.29, 0.717) is 11.1 Å². The molecule has 7 heteroatoms. The minimum Gasteiger partial charge on any atom is -0.472 e. The third kappa shape index (κ3) is 3.01. The largest absolute Gasteiger partial charge is 0.472 e. The molecule has 102 valence electrons. The predicted octanol–water partition coefficient (Wildman–Crippen LogP) is 0.146. The van der Waals surface area contributed by atoms with Crippen molar-refractivity contribution < 1.29 is 14.3 Å². The summed E-state index contributed by atoms with van der Waals surface area (Å²) >= 11 is 0. The van der Waals surface area contributed by atoms with E-state index in [1.807, 2.05) is 0 Å². The Kier molecular flexibility index (Phi) is 3.98.